The summed E-state index contributed by atoms with van der Waals surface area (Å²) in [6.07, 6.45) is 0. The first kappa shape index (κ1) is 26.5. The number of esters is 4. The van der Waals surface area contributed by atoms with Crippen molar-refractivity contribution in [2.24, 2.45) is 5.11 Å². The molecule has 3 aromatic carbocycles. The van der Waals surface area contributed by atoms with Gasteiger partial charge < -0.3 is 18.9 Å². The molecule has 11 heteroatoms. The number of ether oxygens (including phenoxy) is 4. The summed E-state index contributed by atoms with van der Waals surface area (Å²) in [5.41, 5.74) is 9.79. The minimum atomic E-state index is -0.771. The Hall–Kier alpha value is -5.15. The van der Waals surface area contributed by atoms with Crippen LogP contribution in [0.15, 0.2) is 71.8 Å². The summed E-state index contributed by atoms with van der Waals surface area (Å²) in [5, 5.41) is 3.54. The number of para-hydroxylation sites is 2. The van der Waals surface area contributed by atoms with Crippen LogP contribution in [0.4, 0.5) is 0 Å². The first-order valence-corrected chi connectivity index (χ1v) is 10.9. The van der Waals surface area contributed by atoms with E-state index in [4.69, 9.17) is 24.5 Å². The molecule has 0 aliphatic carbocycles. The third kappa shape index (κ3) is 7.41. The van der Waals surface area contributed by atoms with Gasteiger partial charge in [0.05, 0.1) is 6.54 Å². The van der Waals surface area contributed by atoms with Crippen LogP contribution in [-0.4, -0.2) is 23.9 Å². The van der Waals surface area contributed by atoms with Crippen LogP contribution in [0.25, 0.3) is 10.4 Å². The van der Waals surface area contributed by atoms with Gasteiger partial charge in [-0.1, -0.05) is 35.4 Å². The standard InChI is InChI=1S/C26H21N3O8/c1-16(30)35-23-9-5-3-7-21(23)25(32)34-15-18-11-12-20(13-19(18)14-28-29-27)37-26(33)22-8-4-6-10-24(22)36-17(2)31/h3-13H,14-15H2,1-2H3. The quantitative estimate of drug-likeness (QED) is 0.131. The van der Waals surface area contributed by atoms with Crippen LogP contribution in [0, 0.1) is 0 Å². The highest BCUT2D eigenvalue weighted by Crippen LogP contribution is 2.25. The molecular formula is C26H21N3O8. The molecule has 0 N–H and O–H groups in total. The van der Waals surface area contributed by atoms with Crippen LogP contribution in [0.5, 0.6) is 17.2 Å². The van der Waals surface area contributed by atoms with Crippen molar-refractivity contribution in [3.63, 3.8) is 0 Å². The third-order valence-corrected chi connectivity index (χ3v) is 4.77. The Morgan fingerprint density at radius 2 is 1.32 bits per heavy atom. The minimum absolute atomic E-state index is 0.0405. The lowest BCUT2D eigenvalue weighted by Crippen LogP contribution is -2.13. The molecule has 3 rings (SSSR count). The molecule has 37 heavy (non-hydrogen) atoms. The molecule has 0 bridgehead atoms. The molecule has 0 aliphatic heterocycles. The van der Waals surface area contributed by atoms with Gasteiger partial charge in [0.15, 0.2) is 0 Å². The van der Waals surface area contributed by atoms with Gasteiger partial charge in [0.2, 0.25) is 0 Å². The van der Waals surface area contributed by atoms with Gasteiger partial charge in [-0.25, -0.2) is 9.59 Å². The zero-order chi connectivity index (χ0) is 26.8. The van der Waals surface area contributed by atoms with Gasteiger partial charge in [-0.3, -0.25) is 9.59 Å². The summed E-state index contributed by atoms with van der Waals surface area (Å²) in [5.74, 6) is -2.45. The molecule has 0 heterocycles. The summed E-state index contributed by atoms with van der Waals surface area (Å²) in [7, 11) is 0. The van der Waals surface area contributed by atoms with E-state index in [2.05, 4.69) is 10.0 Å². The number of nitrogens with zero attached hydrogens (tertiary/aromatic N) is 3. The van der Waals surface area contributed by atoms with E-state index in [1.54, 1.807) is 30.3 Å². The number of carbonyl (C=O) groups is 4. The second kappa shape index (κ2) is 12.5. The molecule has 0 atom stereocenters. The maximum Gasteiger partial charge on any atom is 0.347 e. The van der Waals surface area contributed by atoms with E-state index >= 15 is 0 Å². The summed E-state index contributed by atoms with van der Waals surface area (Å²) < 4.78 is 20.9. The molecule has 0 unspecified atom stereocenters. The fourth-order valence-electron chi connectivity index (χ4n) is 3.20. The predicted octanol–water partition coefficient (Wildman–Crippen LogP) is 4.92. The van der Waals surface area contributed by atoms with Crippen molar-refractivity contribution in [2.75, 3.05) is 0 Å². The van der Waals surface area contributed by atoms with Crippen LogP contribution in [-0.2, 0) is 27.5 Å². The number of carbonyl (C=O) groups excluding carboxylic acids is 4. The van der Waals surface area contributed by atoms with Crippen LogP contribution in [0.2, 0.25) is 0 Å². The van der Waals surface area contributed by atoms with E-state index < -0.39 is 23.9 Å². The van der Waals surface area contributed by atoms with Crippen LogP contribution >= 0.6 is 0 Å². The fraction of sp³-hybridized carbons (Fsp3) is 0.154. The number of rotatable bonds is 9. The second-order valence-corrected chi connectivity index (χ2v) is 7.46. The highest BCUT2D eigenvalue weighted by molar-refractivity contribution is 5.95. The normalized spacial score (nSPS) is 10.0. The van der Waals surface area contributed by atoms with Gasteiger partial charge in [-0.2, -0.15) is 0 Å². The van der Waals surface area contributed by atoms with Crippen molar-refractivity contribution in [1.29, 1.82) is 0 Å². The van der Waals surface area contributed by atoms with Crippen molar-refractivity contribution < 1.29 is 38.1 Å². The average Bonchev–Trinajstić information content (AvgIpc) is 2.86. The van der Waals surface area contributed by atoms with E-state index in [9.17, 15) is 19.2 Å². The van der Waals surface area contributed by atoms with Gasteiger partial charge in [0, 0.05) is 18.8 Å². The molecule has 11 nitrogen and oxygen atoms in total. The molecule has 0 radical (unpaired) electrons. The van der Waals surface area contributed by atoms with E-state index in [1.807, 2.05) is 0 Å². The zero-order valence-electron chi connectivity index (χ0n) is 19.9. The summed E-state index contributed by atoms with van der Waals surface area (Å²) in [6, 6.07) is 16.7. The van der Waals surface area contributed by atoms with E-state index in [0.29, 0.717) is 11.1 Å². The van der Waals surface area contributed by atoms with Crippen LogP contribution in [0.1, 0.15) is 45.7 Å². The van der Waals surface area contributed by atoms with Crippen LogP contribution < -0.4 is 14.2 Å². The van der Waals surface area contributed by atoms with Crippen molar-refractivity contribution in [2.45, 2.75) is 27.0 Å². The first-order valence-electron chi connectivity index (χ1n) is 10.9. The Morgan fingerprint density at radius 1 is 0.757 bits per heavy atom. The van der Waals surface area contributed by atoms with Crippen molar-refractivity contribution in [1.82, 2.24) is 0 Å². The largest absolute Gasteiger partial charge is 0.457 e. The molecule has 0 aromatic heterocycles. The summed E-state index contributed by atoms with van der Waals surface area (Å²) >= 11 is 0. The van der Waals surface area contributed by atoms with Gasteiger partial charge in [0.25, 0.3) is 0 Å². The lowest BCUT2D eigenvalue weighted by molar-refractivity contribution is -0.132. The molecule has 3 aromatic rings. The third-order valence-electron chi connectivity index (χ3n) is 4.77. The van der Waals surface area contributed by atoms with Gasteiger partial charge in [-0.05, 0) is 53.1 Å². The fourth-order valence-corrected chi connectivity index (χ4v) is 3.20. The number of benzene rings is 3. The summed E-state index contributed by atoms with van der Waals surface area (Å²) in [4.78, 5) is 50.7. The second-order valence-electron chi connectivity index (χ2n) is 7.46. The zero-order valence-corrected chi connectivity index (χ0v) is 19.9. The van der Waals surface area contributed by atoms with Crippen molar-refractivity contribution in [3.8, 4) is 17.2 Å². The van der Waals surface area contributed by atoms with E-state index in [1.165, 1.54) is 50.2 Å². The molecule has 0 saturated carbocycles. The average molecular weight is 503 g/mol. The first-order chi connectivity index (χ1) is 17.8. The molecule has 0 fully saturated rings. The van der Waals surface area contributed by atoms with E-state index in [0.717, 1.165) is 0 Å². The molecule has 0 amide bonds. The Bertz CT molecular complexity index is 1400. The molecule has 0 spiro atoms. The maximum absolute atomic E-state index is 12.7. The maximum atomic E-state index is 12.7. The van der Waals surface area contributed by atoms with Crippen molar-refractivity contribution >= 4 is 23.9 Å². The highest BCUT2D eigenvalue weighted by atomic mass is 16.6. The Balaban J connectivity index is 1.79. The van der Waals surface area contributed by atoms with Gasteiger partial charge >= 0.3 is 23.9 Å². The van der Waals surface area contributed by atoms with Crippen molar-refractivity contribution in [3.05, 3.63) is 99.4 Å². The Kier molecular flexibility index (Phi) is 8.95. The Morgan fingerprint density at radius 3 is 1.89 bits per heavy atom. The minimum Gasteiger partial charge on any atom is -0.457 e. The lowest BCUT2D eigenvalue weighted by Gasteiger charge is -2.13. The highest BCUT2D eigenvalue weighted by Gasteiger charge is 2.18. The molecule has 0 aliphatic rings. The van der Waals surface area contributed by atoms with Crippen LogP contribution in [0.3, 0.4) is 0 Å². The number of hydrogen-bond donors (Lipinski definition) is 0. The monoisotopic (exact) mass is 503 g/mol. The number of azide groups is 1. The molecule has 0 saturated heterocycles. The van der Waals surface area contributed by atoms with Gasteiger partial charge in [-0.15, -0.1) is 0 Å². The molecular weight excluding hydrogens is 482 g/mol. The Labute approximate surface area is 211 Å². The predicted molar refractivity (Wildman–Crippen MR) is 129 cm³/mol. The summed E-state index contributed by atoms with van der Waals surface area (Å²) in [6.45, 7) is 2.12. The molecule has 188 valence electrons. The topological polar surface area (TPSA) is 154 Å². The van der Waals surface area contributed by atoms with E-state index in [-0.39, 0.29) is 41.5 Å². The van der Waals surface area contributed by atoms with Gasteiger partial charge in [0.1, 0.15) is 35.0 Å². The smallest absolute Gasteiger partial charge is 0.347 e. The SMILES string of the molecule is CC(=O)Oc1ccccc1C(=O)OCc1ccc(OC(=O)c2ccccc2OC(C)=O)cc1CN=[N+]=[N-]. The number of hydrogen-bond acceptors (Lipinski definition) is 9. The lowest BCUT2D eigenvalue weighted by atomic mass is 10.1.